The van der Waals surface area contributed by atoms with E-state index >= 15 is 0 Å². The van der Waals surface area contributed by atoms with Crippen molar-refractivity contribution in [1.29, 1.82) is 0 Å². The predicted molar refractivity (Wildman–Crippen MR) is 74.0 cm³/mol. The van der Waals surface area contributed by atoms with E-state index in [-0.39, 0.29) is 16.9 Å². The Bertz CT molecular complexity index is 538. The zero-order valence-corrected chi connectivity index (χ0v) is 12.3. The molecule has 2 rings (SSSR count). The largest absolute Gasteiger partial charge is 0.440 e. The van der Waals surface area contributed by atoms with Crippen LogP contribution in [0.25, 0.3) is 0 Å². The van der Waals surface area contributed by atoms with Crippen LogP contribution in [-0.2, 0) is 10.0 Å². The van der Waals surface area contributed by atoms with E-state index in [4.69, 9.17) is 4.42 Å². The first-order chi connectivity index (χ1) is 9.06. The lowest BCUT2D eigenvalue weighted by Crippen LogP contribution is -2.38. The average Bonchev–Trinajstić information content (AvgIpc) is 2.99. The first kappa shape index (κ1) is 14.6. The second kappa shape index (κ2) is 6.11. The summed E-state index contributed by atoms with van der Waals surface area (Å²) >= 11 is 1.78. The van der Waals surface area contributed by atoms with Crippen LogP contribution in [0, 0.1) is 0 Å². The van der Waals surface area contributed by atoms with Gasteiger partial charge in [0.2, 0.25) is 5.09 Å². The number of sulfonamides is 1. The lowest BCUT2D eigenvalue weighted by molar-refractivity contribution is 0.109. The Morgan fingerprint density at radius 3 is 2.89 bits per heavy atom. The van der Waals surface area contributed by atoms with Gasteiger partial charge >= 0.3 is 0 Å². The molecule has 1 heterocycles. The molecule has 0 radical (unpaired) electrons. The quantitative estimate of drug-likeness (QED) is 0.814. The first-order valence-corrected chi connectivity index (χ1v) is 8.79. The zero-order valence-electron chi connectivity index (χ0n) is 10.7. The molecule has 5 nitrogen and oxygen atoms in total. The SMILES string of the molecule is CCSC1CCCC1NS(=O)(=O)c1ccc(C=O)o1. The fourth-order valence-electron chi connectivity index (χ4n) is 2.27. The summed E-state index contributed by atoms with van der Waals surface area (Å²) in [5, 5.41) is 0.127. The van der Waals surface area contributed by atoms with E-state index in [1.54, 1.807) is 11.8 Å². The molecule has 19 heavy (non-hydrogen) atoms. The Hall–Kier alpha value is -0.790. The molecule has 0 saturated heterocycles. The van der Waals surface area contributed by atoms with Gasteiger partial charge in [0, 0.05) is 11.3 Å². The minimum Gasteiger partial charge on any atom is -0.440 e. The van der Waals surface area contributed by atoms with E-state index in [9.17, 15) is 13.2 Å². The molecule has 0 aliphatic heterocycles. The normalized spacial score (nSPS) is 23.6. The lowest BCUT2D eigenvalue weighted by atomic mass is 10.3. The monoisotopic (exact) mass is 303 g/mol. The molecule has 1 aromatic heterocycles. The van der Waals surface area contributed by atoms with Crippen molar-refractivity contribution in [3.05, 3.63) is 17.9 Å². The van der Waals surface area contributed by atoms with Gasteiger partial charge in [-0.05, 0) is 30.7 Å². The molecular weight excluding hydrogens is 286 g/mol. The molecule has 7 heteroatoms. The van der Waals surface area contributed by atoms with Crippen LogP contribution in [0.2, 0.25) is 0 Å². The van der Waals surface area contributed by atoms with Gasteiger partial charge in [0.25, 0.3) is 10.0 Å². The topological polar surface area (TPSA) is 76.4 Å². The molecule has 0 amide bonds. The third-order valence-corrected chi connectivity index (χ3v) is 5.81. The fourth-order valence-corrected chi connectivity index (χ4v) is 4.81. The standard InChI is InChI=1S/C12H17NO4S2/c1-2-18-11-5-3-4-10(11)13-19(15,16)12-7-6-9(8-14)17-12/h6-8,10-11,13H,2-5H2,1H3. The van der Waals surface area contributed by atoms with Crippen LogP contribution in [-0.4, -0.2) is 31.7 Å². The maximum atomic E-state index is 12.1. The van der Waals surface area contributed by atoms with Gasteiger partial charge in [-0.1, -0.05) is 13.3 Å². The molecule has 1 fully saturated rings. The van der Waals surface area contributed by atoms with Crippen LogP contribution in [0.1, 0.15) is 36.7 Å². The van der Waals surface area contributed by atoms with Gasteiger partial charge in [-0.25, -0.2) is 13.1 Å². The Balaban J connectivity index is 2.10. The fraction of sp³-hybridized carbons (Fsp3) is 0.583. The molecule has 1 aromatic rings. The number of carbonyl (C=O) groups is 1. The highest BCUT2D eigenvalue weighted by Crippen LogP contribution is 2.31. The number of thioether (sulfide) groups is 1. The molecule has 1 N–H and O–H groups in total. The Labute approximate surface area is 117 Å². The molecule has 0 aromatic carbocycles. The van der Waals surface area contributed by atoms with Crippen molar-refractivity contribution >= 4 is 28.1 Å². The number of nitrogens with one attached hydrogen (secondary N) is 1. The zero-order chi connectivity index (χ0) is 13.9. The van der Waals surface area contributed by atoms with Crippen molar-refractivity contribution in [3.63, 3.8) is 0 Å². The molecular formula is C12H17NO4S2. The van der Waals surface area contributed by atoms with E-state index < -0.39 is 10.0 Å². The van der Waals surface area contributed by atoms with Gasteiger partial charge in [-0.2, -0.15) is 11.8 Å². The number of carbonyl (C=O) groups excluding carboxylic acids is 1. The highest BCUT2D eigenvalue weighted by Gasteiger charge is 2.32. The number of furan rings is 1. The van der Waals surface area contributed by atoms with Crippen molar-refractivity contribution in [3.8, 4) is 0 Å². The van der Waals surface area contributed by atoms with Crippen molar-refractivity contribution < 1.29 is 17.6 Å². The van der Waals surface area contributed by atoms with Crippen LogP contribution in [0.4, 0.5) is 0 Å². The maximum Gasteiger partial charge on any atom is 0.274 e. The van der Waals surface area contributed by atoms with Crippen LogP contribution < -0.4 is 4.72 Å². The van der Waals surface area contributed by atoms with Gasteiger partial charge in [-0.3, -0.25) is 4.79 Å². The molecule has 0 bridgehead atoms. The van der Waals surface area contributed by atoms with Gasteiger partial charge in [-0.15, -0.1) is 0 Å². The van der Waals surface area contributed by atoms with E-state index in [0.717, 1.165) is 25.0 Å². The third kappa shape index (κ3) is 3.40. The number of rotatable bonds is 6. The highest BCUT2D eigenvalue weighted by atomic mass is 32.2. The Morgan fingerprint density at radius 2 is 2.26 bits per heavy atom. The smallest absolute Gasteiger partial charge is 0.274 e. The first-order valence-electron chi connectivity index (χ1n) is 6.25. The van der Waals surface area contributed by atoms with Gasteiger partial charge in [0.1, 0.15) is 0 Å². The minimum absolute atomic E-state index is 0.0197. The van der Waals surface area contributed by atoms with Crippen molar-refractivity contribution in [1.82, 2.24) is 4.72 Å². The molecule has 1 saturated carbocycles. The number of hydrogen-bond donors (Lipinski definition) is 1. The second-order valence-corrected chi connectivity index (χ2v) is 7.59. The summed E-state index contributed by atoms with van der Waals surface area (Å²) in [5.74, 6) is 0.991. The van der Waals surface area contributed by atoms with E-state index in [1.807, 2.05) is 0 Å². The van der Waals surface area contributed by atoms with Crippen molar-refractivity contribution in [2.24, 2.45) is 0 Å². The summed E-state index contributed by atoms with van der Waals surface area (Å²) in [4.78, 5) is 10.5. The van der Waals surface area contributed by atoms with E-state index in [0.29, 0.717) is 11.5 Å². The molecule has 2 unspecified atom stereocenters. The summed E-state index contributed by atoms with van der Waals surface area (Å²) < 4.78 is 31.9. The third-order valence-electron chi connectivity index (χ3n) is 3.12. The number of hydrogen-bond acceptors (Lipinski definition) is 5. The van der Waals surface area contributed by atoms with Gasteiger partial charge in [0.15, 0.2) is 12.0 Å². The molecule has 0 spiro atoms. The summed E-state index contributed by atoms with van der Waals surface area (Å²) in [5.41, 5.74) is 0. The Morgan fingerprint density at radius 1 is 1.47 bits per heavy atom. The summed E-state index contributed by atoms with van der Waals surface area (Å²) in [6, 6.07) is 2.61. The van der Waals surface area contributed by atoms with Crippen molar-refractivity contribution in [2.75, 3.05) is 5.75 Å². The molecule has 1 aliphatic rings. The van der Waals surface area contributed by atoms with Crippen LogP contribution >= 0.6 is 11.8 Å². The predicted octanol–water partition coefficient (Wildman–Crippen LogP) is 2.04. The second-order valence-electron chi connectivity index (χ2n) is 4.43. The van der Waals surface area contributed by atoms with Crippen LogP contribution in [0.5, 0.6) is 0 Å². The Kier molecular flexibility index (Phi) is 4.70. The summed E-state index contributed by atoms with van der Waals surface area (Å²) in [7, 11) is -3.67. The minimum atomic E-state index is -3.67. The van der Waals surface area contributed by atoms with Gasteiger partial charge < -0.3 is 4.42 Å². The lowest BCUT2D eigenvalue weighted by Gasteiger charge is -2.19. The molecule has 2 atom stereocenters. The van der Waals surface area contributed by atoms with Crippen molar-refractivity contribution in [2.45, 2.75) is 42.6 Å². The number of aldehydes is 1. The van der Waals surface area contributed by atoms with E-state index in [1.165, 1.54) is 12.1 Å². The van der Waals surface area contributed by atoms with Crippen LogP contribution in [0.3, 0.4) is 0 Å². The summed E-state index contributed by atoms with van der Waals surface area (Å²) in [6.45, 7) is 2.07. The van der Waals surface area contributed by atoms with Gasteiger partial charge in [0.05, 0.1) is 0 Å². The summed E-state index contributed by atoms with van der Waals surface area (Å²) in [6.07, 6.45) is 3.40. The average molecular weight is 303 g/mol. The molecule has 1 aliphatic carbocycles. The maximum absolute atomic E-state index is 12.1. The van der Waals surface area contributed by atoms with E-state index in [2.05, 4.69) is 11.6 Å². The molecule has 106 valence electrons. The van der Waals surface area contributed by atoms with Crippen LogP contribution in [0.15, 0.2) is 21.6 Å². The highest BCUT2D eigenvalue weighted by molar-refractivity contribution is 8.00.